The van der Waals surface area contributed by atoms with Crippen LogP contribution in [0.3, 0.4) is 0 Å². The second-order valence-corrected chi connectivity index (χ2v) is 8.61. The van der Waals surface area contributed by atoms with Crippen LogP contribution in [0, 0.1) is 0 Å². The summed E-state index contributed by atoms with van der Waals surface area (Å²) < 4.78 is 1.92. The number of benzene rings is 2. The van der Waals surface area contributed by atoms with Crippen LogP contribution in [0.1, 0.15) is 17.7 Å². The van der Waals surface area contributed by atoms with Crippen molar-refractivity contribution >= 4 is 56.4 Å². The highest BCUT2D eigenvalue weighted by Gasteiger charge is 2.36. The average molecular weight is 448 g/mol. The van der Waals surface area contributed by atoms with Gasteiger partial charge in [0.05, 0.1) is 16.7 Å². The van der Waals surface area contributed by atoms with E-state index < -0.39 is 11.8 Å². The first-order valence-electron chi connectivity index (χ1n) is 10.4. The number of nitrogens with one attached hydrogen (secondary N) is 2. The Kier molecular flexibility index (Phi) is 5.07. The molecule has 0 atom stereocenters. The smallest absolute Gasteiger partial charge is 0.261 e. The summed E-state index contributed by atoms with van der Waals surface area (Å²) in [5, 5.41) is 9.44. The lowest BCUT2D eigenvalue weighted by Gasteiger charge is -2.09. The van der Waals surface area contributed by atoms with Gasteiger partial charge in [0.2, 0.25) is 0 Å². The number of aromatic nitrogens is 3. The molecule has 0 radical (unpaired) electrons. The predicted molar refractivity (Wildman–Crippen MR) is 126 cm³/mol. The lowest BCUT2D eigenvalue weighted by Crippen LogP contribution is -2.22. The van der Waals surface area contributed by atoms with E-state index in [9.17, 15) is 9.59 Å². The van der Waals surface area contributed by atoms with Gasteiger partial charge in [0, 0.05) is 39.6 Å². The van der Waals surface area contributed by atoms with Crippen LogP contribution in [0.4, 0.5) is 0 Å². The molecule has 162 valence electrons. The predicted octanol–water partition coefficient (Wildman–Crippen LogP) is 3.69. The zero-order chi connectivity index (χ0) is 22.4. The molecule has 5 rings (SSSR count). The Morgan fingerprint density at radius 1 is 1.03 bits per heavy atom. The second kappa shape index (κ2) is 7.93. The summed E-state index contributed by atoms with van der Waals surface area (Å²) in [4.78, 5) is 31.2. The van der Waals surface area contributed by atoms with E-state index in [-0.39, 0.29) is 0 Å². The van der Waals surface area contributed by atoms with Crippen molar-refractivity contribution in [2.24, 2.45) is 0 Å². The first kappa shape index (κ1) is 20.5. The molecular formula is C24H22ClN5O2. The summed E-state index contributed by atoms with van der Waals surface area (Å²) in [5.41, 5.74) is 3.52. The Balaban J connectivity index is 1.71. The van der Waals surface area contributed by atoms with E-state index in [2.05, 4.69) is 15.2 Å². The lowest BCUT2D eigenvalue weighted by atomic mass is 9.97. The van der Waals surface area contributed by atoms with Crippen molar-refractivity contribution in [3.63, 3.8) is 0 Å². The van der Waals surface area contributed by atoms with E-state index in [4.69, 9.17) is 16.7 Å². The molecule has 4 aromatic rings. The molecule has 0 unspecified atom stereocenters. The van der Waals surface area contributed by atoms with Crippen LogP contribution in [0.25, 0.3) is 33.0 Å². The van der Waals surface area contributed by atoms with Crippen molar-refractivity contribution in [3.05, 3.63) is 64.9 Å². The van der Waals surface area contributed by atoms with Gasteiger partial charge in [-0.2, -0.15) is 5.10 Å². The summed E-state index contributed by atoms with van der Waals surface area (Å²) in [6, 6.07) is 13.2. The number of carbonyl (C=O) groups excluding carboxylic acids is 2. The highest BCUT2D eigenvalue weighted by atomic mass is 35.5. The highest BCUT2D eigenvalue weighted by Crippen LogP contribution is 2.37. The molecule has 0 fully saturated rings. The summed E-state index contributed by atoms with van der Waals surface area (Å²) >= 11 is 6.21. The van der Waals surface area contributed by atoms with Gasteiger partial charge in [-0.3, -0.25) is 19.6 Å². The van der Waals surface area contributed by atoms with Crippen LogP contribution in [0.15, 0.2) is 48.7 Å². The van der Waals surface area contributed by atoms with Crippen molar-refractivity contribution in [1.82, 2.24) is 25.0 Å². The first-order valence-corrected chi connectivity index (χ1v) is 10.8. The number of aromatic amines is 1. The van der Waals surface area contributed by atoms with Gasteiger partial charge < -0.3 is 9.88 Å². The van der Waals surface area contributed by atoms with Crippen LogP contribution < -0.4 is 5.32 Å². The molecule has 1 aliphatic rings. The number of nitrogens with zero attached hydrogens (tertiary/aromatic N) is 3. The third kappa shape index (κ3) is 3.39. The summed E-state index contributed by atoms with van der Waals surface area (Å²) in [6.45, 7) is 1.63. The van der Waals surface area contributed by atoms with E-state index in [1.807, 2.05) is 49.1 Å². The SMILES string of the molecule is CN(C)CCCn1nc(C2=C(c3c[nH]c4ccc(Cl)cc34)C(=O)NC2=O)c2ccccc21. The zero-order valence-electron chi connectivity index (χ0n) is 17.8. The molecule has 7 nitrogen and oxygen atoms in total. The maximum absolute atomic E-state index is 13.0. The van der Waals surface area contributed by atoms with Crippen molar-refractivity contribution in [3.8, 4) is 0 Å². The topological polar surface area (TPSA) is 83.0 Å². The van der Waals surface area contributed by atoms with Crippen molar-refractivity contribution in [2.75, 3.05) is 20.6 Å². The molecule has 0 bridgehead atoms. The quantitative estimate of drug-likeness (QED) is 0.441. The second-order valence-electron chi connectivity index (χ2n) is 8.17. The fourth-order valence-electron chi connectivity index (χ4n) is 4.26. The van der Waals surface area contributed by atoms with Gasteiger partial charge in [0.15, 0.2) is 0 Å². The number of H-pyrrole nitrogens is 1. The minimum absolute atomic E-state index is 0.290. The number of hydrogen-bond acceptors (Lipinski definition) is 4. The minimum atomic E-state index is -0.440. The van der Waals surface area contributed by atoms with Gasteiger partial charge in [-0.1, -0.05) is 29.8 Å². The number of rotatable bonds is 6. The molecule has 8 heteroatoms. The van der Waals surface area contributed by atoms with Crippen LogP contribution in [0.5, 0.6) is 0 Å². The molecule has 0 saturated heterocycles. The molecule has 1 aliphatic heterocycles. The molecule has 2 aromatic carbocycles. The van der Waals surface area contributed by atoms with E-state index in [0.29, 0.717) is 34.0 Å². The minimum Gasteiger partial charge on any atom is -0.361 e. The van der Waals surface area contributed by atoms with Crippen molar-refractivity contribution in [2.45, 2.75) is 13.0 Å². The molecule has 0 aliphatic carbocycles. The molecule has 3 heterocycles. The number of amides is 2. The Morgan fingerprint density at radius 2 is 1.81 bits per heavy atom. The number of carbonyl (C=O) groups is 2. The molecule has 32 heavy (non-hydrogen) atoms. The number of aryl methyl sites for hydroxylation is 1. The van der Waals surface area contributed by atoms with E-state index in [1.165, 1.54) is 0 Å². The number of halogens is 1. The number of fused-ring (bicyclic) bond motifs is 2. The monoisotopic (exact) mass is 447 g/mol. The summed E-state index contributed by atoms with van der Waals surface area (Å²) in [5.74, 6) is -0.873. The van der Waals surface area contributed by atoms with E-state index in [1.54, 1.807) is 18.3 Å². The molecule has 2 N–H and O–H groups in total. The van der Waals surface area contributed by atoms with Gasteiger partial charge in [-0.25, -0.2) is 0 Å². The van der Waals surface area contributed by atoms with Gasteiger partial charge in [-0.15, -0.1) is 0 Å². The first-order chi connectivity index (χ1) is 15.4. The largest absolute Gasteiger partial charge is 0.361 e. The fourth-order valence-corrected chi connectivity index (χ4v) is 4.43. The highest BCUT2D eigenvalue weighted by molar-refractivity contribution is 6.50. The fraction of sp³-hybridized carbons (Fsp3) is 0.208. The van der Waals surface area contributed by atoms with Crippen LogP contribution >= 0.6 is 11.6 Å². The number of imide groups is 1. The summed E-state index contributed by atoms with van der Waals surface area (Å²) in [6.07, 6.45) is 2.65. The molecular weight excluding hydrogens is 426 g/mol. The Morgan fingerprint density at radius 3 is 2.62 bits per heavy atom. The van der Waals surface area contributed by atoms with Gasteiger partial charge in [0.1, 0.15) is 5.69 Å². The number of hydrogen-bond donors (Lipinski definition) is 2. The molecule has 0 spiro atoms. The lowest BCUT2D eigenvalue weighted by molar-refractivity contribution is -0.122. The third-order valence-electron chi connectivity index (χ3n) is 5.71. The van der Waals surface area contributed by atoms with Crippen molar-refractivity contribution < 1.29 is 9.59 Å². The van der Waals surface area contributed by atoms with Crippen molar-refractivity contribution in [1.29, 1.82) is 0 Å². The van der Waals surface area contributed by atoms with Gasteiger partial charge >= 0.3 is 0 Å². The number of para-hydroxylation sites is 1. The zero-order valence-corrected chi connectivity index (χ0v) is 18.5. The van der Waals surface area contributed by atoms with Gasteiger partial charge in [0.25, 0.3) is 11.8 Å². The van der Waals surface area contributed by atoms with Gasteiger partial charge in [-0.05, 0) is 51.3 Å². The van der Waals surface area contributed by atoms with E-state index in [0.717, 1.165) is 34.8 Å². The maximum atomic E-state index is 13.0. The maximum Gasteiger partial charge on any atom is 0.261 e. The van der Waals surface area contributed by atoms with Crippen LogP contribution in [-0.4, -0.2) is 52.1 Å². The average Bonchev–Trinajstić information content (AvgIpc) is 3.41. The van der Waals surface area contributed by atoms with Crippen LogP contribution in [-0.2, 0) is 16.1 Å². The molecule has 2 aromatic heterocycles. The Hall–Kier alpha value is -3.42. The molecule has 0 saturated carbocycles. The Bertz CT molecular complexity index is 1410. The normalized spacial score (nSPS) is 14.4. The molecule has 2 amide bonds. The Labute approximate surface area is 189 Å². The summed E-state index contributed by atoms with van der Waals surface area (Å²) in [7, 11) is 4.07. The van der Waals surface area contributed by atoms with Crippen LogP contribution in [0.2, 0.25) is 5.02 Å². The standard InChI is InChI=1S/C24H22ClN5O2/c1-29(2)10-5-11-30-19-7-4-3-6-15(19)22(28-30)21-20(23(31)27-24(21)32)17-13-26-18-9-8-14(25)12-16(17)18/h3-4,6-9,12-13,26H,5,10-11H2,1-2H3,(H,27,31,32). The van der Waals surface area contributed by atoms with E-state index >= 15 is 0 Å². The third-order valence-corrected chi connectivity index (χ3v) is 5.95.